The van der Waals surface area contributed by atoms with Gasteiger partial charge in [-0.3, -0.25) is 9.59 Å². The van der Waals surface area contributed by atoms with Crippen LogP contribution in [0.4, 0.5) is 5.82 Å². The minimum atomic E-state index is -0.0555. The van der Waals surface area contributed by atoms with E-state index in [1.807, 2.05) is 35.2 Å². The highest BCUT2D eigenvalue weighted by molar-refractivity contribution is 5.88. The first-order valence-electron chi connectivity index (χ1n) is 14.1. The lowest BCUT2D eigenvalue weighted by Gasteiger charge is -2.41. The van der Waals surface area contributed by atoms with Crippen LogP contribution in [0.1, 0.15) is 48.9 Å². The maximum Gasteiger partial charge on any atom is 0.318 e. The van der Waals surface area contributed by atoms with Crippen molar-refractivity contribution in [1.29, 1.82) is 0 Å². The number of nitrogens with one attached hydrogen (secondary N) is 1. The van der Waals surface area contributed by atoms with Gasteiger partial charge in [0.25, 0.3) is 0 Å². The van der Waals surface area contributed by atoms with Crippen LogP contribution in [-0.4, -0.2) is 70.1 Å². The molecular formula is C31H35N5O4. The Labute approximate surface area is 233 Å². The van der Waals surface area contributed by atoms with Gasteiger partial charge >= 0.3 is 6.01 Å². The number of benzene rings is 2. The minimum absolute atomic E-state index is 0.0441. The van der Waals surface area contributed by atoms with Gasteiger partial charge in [-0.05, 0) is 73.1 Å². The molecule has 3 unspecified atom stereocenters. The maximum absolute atomic E-state index is 12.3. The second kappa shape index (κ2) is 10.8. The molecule has 1 aromatic heterocycles. The van der Waals surface area contributed by atoms with Gasteiger partial charge in [0.2, 0.25) is 11.8 Å². The van der Waals surface area contributed by atoms with Crippen LogP contribution in [0.3, 0.4) is 0 Å². The number of hydrogen-bond donors (Lipinski definition) is 2. The number of fused-ring (bicyclic) bond motifs is 2. The normalized spacial score (nSPS) is 22.6. The van der Waals surface area contributed by atoms with E-state index in [0.29, 0.717) is 45.1 Å². The molecule has 1 aliphatic carbocycles. The molecule has 2 aliphatic heterocycles. The second-order valence-corrected chi connectivity index (χ2v) is 11.1. The van der Waals surface area contributed by atoms with E-state index >= 15 is 0 Å². The van der Waals surface area contributed by atoms with E-state index in [1.165, 1.54) is 6.08 Å². The number of anilines is 1. The zero-order chi connectivity index (χ0) is 27.8. The number of phenols is 1. The average Bonchev–Trinajstić information content (AvgIpc) is 3.39. The Morgan fingerprint density at radius 2 is 2.05 bits per heavy atom. The van der Waals surface area contributed by atoms with Crippen LogP contribution in [0.2, 0.25) is 0 Å². The molecule has 3 aromatic rings. The molecule has 2 amide bonds. The third-order valence-electron chi connectivity index (χ3n) is 8.44. The van der Waals surface area contributed by atoms with Gasteiger partial charge in [0.1, 0.15) is 18.2 Å². The van der Waals surface area contributed by atoms with Crippen LogP contribution in [0.15, 0.2) is 49.1 Å². The van der Waals surface area contributed by atoms with E-state index in [1.54, 1.807) is 0 Å². The fraction of sp³-hybridized carbons (Fsp3) is 0.419. The number of aromatic nitrogens is 2. The van der Waals surface area contributed by atoms with Crippen LogP contribution in [0, 0.1) is 0 Å². The summed E-state index contributed by atoms with van der Waals surface area (Å²) in [6.45, 7) is 7.90. The summed E-state index contributed by atoms with van der Waals surface area (Å²) in [5, 5.41) is 15.6. The predicted octanol–water partition coefficient (Wildman–Crippen LogP) is 3.49. The monoisotopic (exact) mass is 541 g/mol. The molecule has 0 radical (unpaired) electrons. The summed E-state index contributed by atoms with van der Waals surface area (Å²) in [5.74, 6) is 1.32. The van der Waals surface area contributed by atoms with Crippen LogP contribution in [0.5, 0.6) is 11.8 Å². The van der Waals surface area contributed by atoms with Crippen molar-refractivity contribution >= 4 is 28.4 Å². The zero-order valence-corrected chi connectivity index (χ0v) is 22.8. The fourth-order valence-electron chi connectivity index (χ4n) is 6.38. The van der Waals surface area contributed by atoms with Crippen molar-refractivity contribution in [3.63, 3.8) is 0 Å². The number of amides is 2. The Morgan fingerprint density at radius 1 is 1.20 bits per heavy atom. The summed E-state index contributed by atoms with van der Waals surface area (Å²) in [6, 6.07) is 12.2. The second-order valence-electron chi connectivity index (χ2n) is 11.1. The van der Waals surface area contributed by atoms with Crippen LogP contribution in [0.25, 0.3) is 10.8 Å². The molecule has 208 valence electrons. The lowest BCUT2D eigenvalue weighted by atomic mass is 9.80. The molecule has 3 heterocycles. The molecule has 2 saturated heterocycles. The molecule has 0 spiro atoms. The molecule has 9 nitrogen and oxygen atoms in total. The highest BCUT2D eigenvalue weighted by atomic mass is 16.5. The molecular weight excluding hydrogens is 506 g/mol. The molecule has 0 bridgehead atoms. The van der Waals surface area contributed by atoms with Crippen molar-refractivity contribution in [2.75, 3.05) is 31.1 Å². The summed E-state index contributed by atoms with van der Waals surface area (Å²) in [6.07, 6.45) is 5.03. The molecule has 3 atom stereocenters. The first-order valence-corrected chi connectivity index (χ1v) is 14.1. The summed E-state index contributed by atoms with van der Waals surface area (Å²) in [5.41, 5.74) is 3.20. The number of phenolic OH excluding ortho intramolecular Hbond substituents is 1. The molecule has 2 N–H and O–H groups in total. The van der Waals surface area contributed by atoms with Gasteiger partial charge in [-0.25, -0.2) is 0 Å². The van der Waals surface area contributed by atoms with Crippen molar-refractivity contribution in [3.8, 4) is 11.8 Å². The quantitative estimate of drug-likeness (QED) is 0.460. The van der Waals surface area contributed by atoms with Crippen LogP contribution in [-0.2, 0) is 22.4 Å². The van der Waals surface area contributed by atoms with E-state index < -0.39 is 0 Å². The molecule has 2 fully saturated rings. The lowest BCUT2D eigenvalue weighted by Crippen LogP contribution is -2.54. The minimum Gasteiger partial charge on any atom is -0.508 e. The standard InChI is InChI=1S/C31H35N5O4/c1-3-29(39)35-12-13-36(19(2)17-35)30-25-10-8-21(26-16-23(37)14-20-6-4-5-7-24(20)26)15-27(25)33-31(34-30)40-18-22-9-11-28(38)32-22/h3-7,14,16,19,21-22,37H,1,8-13,15,17-18H2,2H3,(H,32,38). The van der Waals surface area contributed by atoms with Crippen molar-refractivity contribution < 1.29 is 19.4 Å². The molecule has 0 saturated carbocycles. The Morgan fingerprint density at radius 3 is 2.83 bits per heavy atom. The van der Waals surface area contributed by atoms with Crippen LogP contribution >= 0.6 is 0 Å². The number of ether oxygens (including phenoxy) is 1. The van der Waals surface area contributed by atoms with Gasteiger partial charge in [0.05, 0.1) is 11.7 Å². The summed E-state index contributed by atoms with van der Waals surface area (Å²) in [4.78, 5) is 37.8. The Bertz CT molecular complexity index is 1470. The molecule has 40 heavy (non-hydrogen) atoms. The highest BCUT2D eigenvalue weighted by Gasteiger charge is 2.33. The van der Waals surface area contributed by atoms with Crippen LogP contribution < -0.4 is 15.0 Å². The zero-order valence-electron chi connectivity index (χ0n) is 22.8. The van der Waals surface area contributed by atoms with Crippen molar-refractivity contribution in [2.24, 2.45) is 0 Å². The van der Waals surface area contributed by atoms with Gasteiger partial charge in [-0.2, -0.15) is 9.97 Å². The largest absolute Gasteiger partial charge is 0.508 e. The number of carbonyl (C=O) groups is 2. The lowest BCUT2D eigenvalue weighted by molar-refractivity contribution is -0.126. The maximum atomic E-state index is 12.3. The Hall–Kier alpha value is -4.14. The number of nitrogens with zero attached hydrogens (tertiary/aromatic N) is 4. The SMILES string of the molecule is C=CC(=O)N1CCN(c2nc(OCC3CCC(=O)N3)nc3c2CCC(c2cc(O)cc4ccccc24)C3)C(C)C1. The smallest absolute Gasteiger partial charge is 0.318 e. The summed E-state index contributed by atoms with van der Waals surface area (Å²) >= 11 is 0. The number of hydrogen-bond acceptors (Lipinski definition) is 7. The van der Waals surface area contributed by atoms with Gasteiger partial charge in [-0.1, -0.05) is 30.8 Å². The van der Waals surface area contributed by atoms with Crippen molar-refractivity contribution in [3.05, 3.63) is 65.9 Å². The average molecular weight is 542 g/mol. The Kier molecular flexibility index (Phi) is 7.04. The van der Waals surface area contributed by atoms with Gasteiger partial charge in [0.15, 0.2) is 0 Å². The van der Waals surface area contributed by atoms with E-state index in [0.717, 1.165) is 52.7 Å². The van der Waals surface area contributed by atoms with Crippen molar-refractivity contribution in [2.45, 2.75) is 57.0 Å². The van der Waals surface area contributed by atoms with E-state index in [4.69, 9.17) is 14.7 Å². The molecule has 3 aliphatic rings. The number of rotatable bonds is 6. The topological polar surface area (TPSA) is 108 Å². The Balaban J connectivity index is 1.33. The van der Waals surface area contributed by atoms with E-state index in [-0.39, 0.29) is 35.6 Å². The van der Waals surface area contributed by atoms with E-state index in [2.05, 4.69) is 29.8 Å². The van der Waals surface area contributed by atoms with Crippen molar-refractivity contribution in [1.82, 2.24) is 20.2 Å². The third kappa shape index (κ3) is 5.08. The van der Waals surface area contributed by atoms with Gasteiger partial charge in [0, 0.05) is 37.7 Å². The molecule has 9 heteroatoms. The number of piperazine rings is 1. The van der Waals surface area contributed by atoms with Gasteiger partial charge < -0.3 is 25.0 Å². The summed E-state index contributed by atoms with van der Waals surface area (Å²) < 4.78 is 6.10. The number of aromatic hydroxyl groups is 1. The first-order chi connectivity index (χ1) is 19.4. The van der Waals surface area contributed by atoms with E-state index in [9.17, 15) is 14.7 Å². The third-order valence-corrected chi connectivity index (χ3v) is 8.44. The molecule has 2 aromatic carbocycles. The fourth-order valence-corrected chi connectivity index (χ4v) is 6.38. The predicted molar refractivity (Wildman–Crippen MR) is 153 cm³/mol. The number of carbonyl (C=O) groups excluding carboxylic acids is 2. The summed E-state index contributed by atoms with van der Waals surface area (Å²) in [7, 11) is 0. The highest BCUT2D eigenvalue weighted by Crippen LogP contribution is 2.40. The molecule has 6 rings (SSSR count). The van der Waals surface area contributed by atoms with Gasteiger partial charge in [-0.15, -0.1) is 0 Å². The first kappa shape index (κ1) is 26.1.